The van der Waals surface area contributed by atoms with Crippen LogP contribution in [0.5, 0.6) is 5.75 Å². The van der Waals surface area contributed by atoms with Crippen molar-refractivity contribution in [3.05, 3.63) is 71.3 Å². The molecule has 9 nitrogen and oxygen atoms in total. The van der Waals surface area contributed by atoms with Gasteiger partial charge in [0.1, 0.15) is 30.3 Å². The second-order valence-corrected chi connectivity index (χ2v) is 9.94. The van der Waals surface area contributed by atoms with Crippen molar-refractivity contribution in [3.8, 4) is 16.9 Å². The minimum atomic E-state index is -1.18. The minimum Gasteiger partial charge on any atom is -0.491 e. The normalized spacial score (nSPS) is 22.5. The molecule has 4 amide bonds. The lowest BCUT2D eigenvalue weighted by atomic mass is 9.90. The van der Waals surface area contributed by atoms with E-state index >= 15 is 0 Å². The number of carbonyl (C=O) groups is 3. The Balaban J connectivity index is 1.23. The number of ether oxygens (including phenoxy) is 1. The molecule has 0 bridgehead atoms. The first kappa shape index (κ1) is 23.2. The first-order valence-electron chi connectivity index (χ1n) is 12.2. The van der Waals surface area contributed by atoms with Crippen LogP contribution in [0, 0.1) is 5.82 Å². The quantitative estimate of drug-likeness (QED) is 0.555. The van der Waals surface area contributed by atoms with Gasteiger partial charge in [-0.1, -0.05) is 18.2 Å². The summed E-state index contributed by atoms with van der Waals surface area (Å²) in [5.74, 6) is -0.736. The highest BCUT2D eigenvalue weighted by molar-refractivity contribution is 6.10. The lowest BCUT2D eigenvalue weighted by molar-refractivity contribution is -0.140. The van der Waals surface area contributed by atoms with Gasteiger partial charge in [-0.3, -0.25) is 19.2 Å². The van der Waals surface area contributed by atoms with E-state index < -0.39 is 35.7 Å². The molecule has 3 aliphatic rings. The first-order valence-corrected chi connectivity index (χ1v) is 12.2. The Hall–Kier alpha value is -4.21. The second-order valence-electron chi connectivity index (χ2n) is 9.94. The first-order chi connectivity index (χ1) is 17.7. The van der Waals surface area contributed by atoms with Gasteiger partial charge in [0.25, 0.3) is 5.91 Å². The van der Waals surface area contributed by atoms with E-state index in [1.165, 1.54) is 17.0 Å². The zero-order valence-corrected chi connectivity index (χ0v) is 20.5. The van der Waals surface area contributed by atoms with Crippen LogP contribution in [0.4, 0.5) is 9.18 Å². The van der Waals surface area contributed by atoms with Crippen molar-refractivity contribution in [2.24, 2.45) is 7.05 Å². The Morgan fingerprint density at radius 3 is 2.81 bits per heavy atom. The highest BCUT2D eigenvalue weighted by atomic mass is 19.1. The second kappa shape index (κ2) is 8.43. The third kappa shape index (κ3) is 3.75. The number of hydrogen-bond acceptors (Lipinski definition) is 5. The molecule has 2 atom stereocenters. The van der Waals surface area contributed by atoms with Gasteiger partial charge in [-0.05, 0) is 54.7 Å². The number of fused-ring (bicyclic) bond motifs is 3. The Bertz CT molecular complexity index is 1450. The average Bonchev–Trinajstić information content (AvgIpc) is 3.50. The van der Waals surface area contributed by atoms with Gasteiger partial charge in [-0.2, -0.15) is 5.10 Å². The topological polar surface area (TPSA) is 96.8 Å². The van der Waals surface area contributed by atoms with Gasteiger partial charge in [0.05, 0.1) is 12.2 Å². The fraction of sp³-hybridized carbons (Fsp3) is 0.333. The fourth-order valence-corrected chi connectivity index (χ4v) is 5.56. The number of carbonyl (C=O) groups excluding carboxylic acids is 3. The van der Waals surface area contributed by atoms with Crippen molar-refractivity contribution < 1.29 is 23.5 Å². The molecule has 2 aromatic carbocycles. The molecule has 3 aromatic rings. The van der Waals surface area contributed by atoms with Crippen molar-refractivity contribution in [1.29, 1.82) is 0 Å². The molecule has 1 aromatic heterocycles. The predicted molar refractivity (Wildman–Crippen MR) is 131 cm³/mol. The largest absolute Gasteiger partial charge is 0.491 e. The van der Waals surface area contributed by atoms with Gasteiger partial charge in [0.2, 0.25) is 5.91 Å². The lowest BCUT2D eigenvalue weighted by Gasteiger charge is -2.28. The number of halogens is 1. The zero-order chi connectivity index (χ0) is 25.9. The summed E-state index contributed by atoms with van der Waals surface area (Å²) in [6.45, 7) is 1.77. The summed E-state index contributed by atoms with van der Waals surface area (Å²) in [6.07, 6.45) is 4.75. The van der Waals surface area contributed by atoms with Crippen molar-refractivity contribution in [2.75, 3.05) is 13.2 Å². The molecule has 6 rings (SSSR count). The van der Waals surface area contributed by atoms with Gasteiger partial charge >= 0.3 is 6.03 Å². The number of aryl methyl sites for hydroxylation is 2. The number of nitrogens with one attached hydrogen (secondary N) is 1. The minimum absolute atomic E-state index is 0.127. The van der Waals surface area contributed by atoms with Crippen LogP contribution >= 0.6 is 0 Å². The molecule has 1 spiro atoms. The Morgan fingerprint density at radius 1 is 1.19 bits per heavy atom. The van der Waals surface area contributed by atoms with Crippen LogP contribution in [0.3, 0.4) is 0 Å². The van der Waals surface area contributed by atoms with Crippen LogP contribution in [0.2, 0.25) is 0 Å². The smallest absolute Gasteiger partial charge is 0.325 e. The molecule has 0 radical (unpaired) electrons. The van der Waals surface area contributed by atoms with E-state index in [4.69, 9.17) is 4.74 Å². The highest BCUT2D eigenvalue weighted by Crippen LogP contribution is 2.42. The van der Waals surface area contributed by atoms with E-state index in [9.17, 15) is 18.8 Å². The molecule has 0 saturated carbocycles. The number of hydrogen-bond donors (Lipinski definition) is 1. The van der Waals surface area contributed by atoms with Crippen LogP contribution in [0.1, 0.15) is 30.0 Å². The molecule has 1 fully saturated rings. The van der Waals surface area contributed by atoms with Crippen LogP contribution < -0.4 is 10.1 Å². The molecular formula is C27H26FN5O4. The maximum Gasteiger partial charge on any atom is 0.325 e. The lowest BCUT2D eigenvalue weighted by Crippen LogP contribution is -2.47. The van der Waals surface area contributed by atoms with E-state index in [1.54, 1.807) is 16.9 Å². The van der Waals surface area contributed by atoms with Gasteiger partial charge in [0.15, 0.2) is 0 Å². The summed E-state index contributed by atoms with van der Waals surface area (Å²) in [4.78, 5) is 42.5. The maximum absolute atomic E-state index is 13.8. The molecule has 37 heavy (non-hydrogen) atoms. The fourth-order valence-electron chi connectivity index (χ4n) is 5.56. The van der Waals surface area contributed by atoms with Crippen molar-refractivity contribution in [1.82, 2.24) is 24.9 Å². The summed E-state index contributed by atoms with van der Waals surface area (Å²) in [5, 5.41) is 7.10. The summed E-state index contributed by atoms with van der Waals surface area (Å²) in [7, 11) is 1.85. The van der Waals surface area contributed by atoms with E-state index in [1.807, 2.05) is 38.4 Å². The van der Waals surface area contributed by atoms with Crippen LogP contribution in [0.25, 0.3) is 11.1 Å². The number of amides is 4. The highest BCUT2D eigenvalue weighted by Gasteiger charge is 2.55. The number of urea groups is 1. The predicted octanol–water partition coefficient (Wildman–Crippen LogP) is 2.73. The number of aromatic nitrogens is 2. The third-order valence-electron chi connectivity index (χ3n) is 7.54. The zero-order valence-electron chi connectivity index (χ0n) is 20.5. The number of rotatable bonds is 3. The number of imide groups is 1. The summed E-state index contributed by atoms with van der Waals surface area (Å²) in [6, 6.07) is 9.12. The monoisotopic (exact) mass is 503 g/mol. The van der Waals surface area contributed by atoms with Crippen molar-refractivity contribution in [2.45, 2.75) is 37.9 Å². The molecule has 1 aliphatic carbocycles. The molecule has 1 saturated heterocycles. The Labute approximate surface area is 212 Å². The van der Waals surface area contributed by atoms with Crippen LogP contribution in [0.15, 0.2) is 48.8 Å². The van der Waals surface area contributed by atoms with Gasteiger partial charge in [-0.15, -0.1) is 0 Å². The van der Waals surface area contributed by atoms with Crippen LogP contribution in [-0.2, 0) is 35.1 Å². The van der Waals surface area contributed by atoms with E-state index in [2.05, 4.69) is 10.4 Å². The molecule has 190 valence electrons. The van der Waals surface area contributed by atoms with Crippen molar-refractivity contribution in [3.63, 3.8) is 0 Å². The van der Waals surface area contributed by atoms with Gasteiger partial charge < -0.3 is 15.0 Å². The SMILES string of the molecule is C[C@@H]1COc2ccc(F)cc2CN1C(=O)CN1C(=O)NC2(CCc3cc(-c4cnn(C)c4)ccc32)C1=O. The Kier molecular flexibility index (Phi) is 5.29. The van der Waals surface area contributed by atoms with E-state index in [-0.39, 0.29) is 19.2 Å². The molecular weight excluding hydrogens is 477 g/mol. The van der Waals surface area contributed by atoms with Crippen LogP contribution in [-0.4, -0.2) is 56.6 Å². The Morgan fingerprint density at radius 2 is 2.03 bits per heavy atom. The summed E-state index contributed by atoms with van der Waals surface area (Å²) < 4.78 is 21.3. The molecule has 10 heteroatoms. The summed E-state index contributed by atoms with van der Waals surface area (Å²) in [5.41, 5.74) is 3.07. The summed E-state index contributed by atoms with van der Waals surface area (Å²) >= 11 is 0. The molecule has 1 N–H and O–H groups in total. The number of nitrogens with zero attached hydrogens (tertiary/aromatic N) is 4. The number of benzene rings is 2. The van der Waals surface area contributed by atoms with Gasteiger partial charge in [-0.25, -0.2) is 9.18 Å². The molecule has 2 aliphatic heterocycles. The van der Waals surface area contributed by atoms with E-state index in [0.29, 0.717) is 24.2 Å². The maximum atomic E-state index is 13.8. The standard InChI is InChI=1S/C27H26FN5O4/c1-16-15-37-23-6-4-21(28)10-19(23)13-32(16)24(34)14-33-25(35)27(30-26(33)36)8-7-18-9-17(3-5-22(18)27)20-11-29-31(2)12-20/h3-6,9-12,16H,7-8,13-15H2,1-2H3,(H,30,36)/t16-,27?/m1/s1. The van der Waals surface area contributed by atoms with Gasteiger partial charge in [0, 0.05) is 30.9 Å². The third-order valence-corrected chi connectivity index (χ3v) is 7.54. The molecule has 3 heterocycles. The average molecular weight is 504 g/mol. The van der Waals surface area contributed by atoms with E-state index in [0.717, 1.165) is 27.2 Å². The molecule has 1 unspecified atom stereocenters. The van der Waals surface area contributed by atoms with Crippen molar-refractivity contribution >= 4 is 17.8 Å².